The molecule has 0 bridgehead atoms. The van der Waals surface area contributed by atoms with Gasteiger partial charge in [-0.25, -0.2) is 13.7 Å². The molecule has 2 fully saturated rings. The molecule has 188 valence electrons. The van der Waals surface area contributed by atoms with Crippen molar-refractivity contribution in [1.29, 1.82) is 0 Å². The number of fused-ring (bicyclic) bond motifs is 1. The molecule has 1 aliphatic carbocycles. The number of benzene rings is 1. The van der Waals surface area contributed by atoms with Crippen molar-refractivity contribution < 1.29 is 18.5 Å². The summed E-state index contributed by atoms with van der Waals surface area (Å²) in [6.07, 6.45) is 8.49. The van der Waals surface area contributed by atoms with E-state index in [-0.39, 0.29) is 12.1 Å². The Hall–Kier alpha value is -1.81. The van der Waals surface area contributed by atoms with E-state index in [9.17, 15) is 9.00 Å². The molecule has 34 heavy (non-hydrogen) atoms. The normalized spacial score (nSPS) is 26.9. The van der Waals surface area contributed by atoms with E-state index in [1.54, 1.807) is 12.5 Å². The van der Waals surface area contributed by atoms with Crippen molar-refractivity contribution in [2.45, 2.75) is 76.5 Å². The van der Waals surface area contributed by atoms with Crippen LogP contribution in [0.25, 0.3) is 10.9 Å². The Labute approximate surface area is 204 Å². The second-order valence-electron chi connectivity index (χ2n) is 10.6. The van der Waals surface area contributed by atoms with Crippen LogP contribution in [0.4, 0.5) is 4.79 Å². The first-order valence-electron chi connectivity index (χ1n) is 12.3. The molecule has 1 aliphatic heterocycles. The fourth-order valence-corrected chi connectivity index (χ4v) is 5.78. The Morgan fingerprint density at radius 2 is 2.00 bits per heavy atom. The van der Waals surface area contributed by atoms with Gasteiger partial charge in [0, 0.05) is 30.1 Å². The number of rotatable bonds is 6. The third-order valence-electron chi connectivity index (χ3n) is 6.78. The van der Waals surface area contributed by atoms with Gasteiger partial charge in [0.2, 0.25) is 0 Å². The minimum absolute atomic E-state index is 0.247. The Morgan fingerprint density at radius 1 is 1.24 bits per heavy atom. The smallest absolute Gasteiger partial charge is 0.435 e. The van der Waals surface area contributed by atoms with Gasteiger partial charge in [-0.1, -0.05) is 6.07 Å². The Morgan fingerprint density at radius 3 is 2.71 bits per heavy atom. The number of carbonyl (C=O) groups excluding carboxylic acids is 1. The summed E-state index contributed by atoms with van der Waals surface area (Å²) < 4.78 is 27.9. The number of carbonyl (C=O) groups is 1. The van der Waals surface area contributed by atoms with Crippen molar-refractivity contribution >= 4 is 28.0 Å². The maximum absolute atomic E-state index is 12.4. The van der Waals surface area contributed by atoms with Crippen LogP contribution in [0.1, 0.15) is 64.4 Å². The Kier molecular flexibility index (Phi) is 8.07. The van der Waals surface area contributed by atoms with Crippen molar-refractivity contribution in [1.82, 2.24) is 19.8 Å². The first kappa shape index (κ1) is 25.3. The lowest BCUT2D eigenvalue weighted by molar-refractivity contribution is -0.00394. The highest BCUT2D eigenvalue weighted by Crippen LogP contribution is 2.35. The predicted octanol–water partition coefficient (Wildman–Crippen LogP) is 3.72. The molecule has 4 rings (SSSR count). The van der Waals surface area contributed by atoms with Gasteiger partial charge in [-0.05, 0) is 83.0 Å². The summed E-state index contributed by atoms with van der Waals surface area (Å²) in [5, 5.41) is 8.65. The van der Waals surface area contributed by atoms with Gasteiger partial charge in [-0.2, -0.15) is 9.78 Å². The van der Waals surface area contributed by atoms with Crippen LogP contribution >= 0.6 is 0 Å². The highest BCUT2D eigenvalue weighted by molar-refractivity contribution is 7.82. The molecule has 3 atom stereocenters. The van der Waals surface area contributed by atoms with Gasteiger partial charge in [0.25, 0.3) is 0 Å². The van der Waals surface area contributed by atoms with Crippen LogP contribution in [-0.4, -0.2) is 63.8 Å². The predicted molar refractivity (Wildman–Crippen MR) is 134 cm³/mol. The first-order chi connectivity index (χ1) is 16.2. The van der Waals surface area contributed by atoms with Gasteiger partial charge < -0.3 is 14.8 Å². The summed E-state index contributed by atoms with van der Waals surface area (Å²) in [6.45, 7) is 8.11. The number of ether oxygens (including phenoxy) is 2. The van der Waals surface area contributed by atoms with Crippen LogP contribution < -0.4 is 10.0 Å². The minimum atomic E-state index is -0.999. The lowest BCUT2D eigenvalue weighted by atomic mass is 9.82. The molecule has 1 aromatic heterocycles. The standard InChI is InChI=1S/C25H38N4O4S/c1-25(2,3)33-24(30)29-23-10-7-18(13-19(23)15-27-29)17-5-8-21(9-6-17)32-16-20-14-26-12-11-22(20)28-34(4)31/h7,10,13,15,17,20-22,26,28H,5-6,8-9,11-12,14,16H2,1-4H3. The monoisotopic (exact) mass is 490 g/mol. The Bertz CT molecular complexity index is 1010. The van der Waals surface area contributed by atoms with E-state index in [1.807, 2.05) is 26.8 Å². The summed E-state index contributed by atoms with van der Waals surface area (Å²) in [6, 6.07) is 6.50. The zero-order valence-corrected chi connectivity index (χ0v) is 21.5. The lowest BCUT2D eigenvalue weighted by Gasteiger charge is -2.34. The number of nitrogens with one attached hydrogen (secondary N) is 2. The van der Waals surface area contributed by atoms with E-state index in [0.717, 1.165) is 56.1 Å². The molecule has 1 saturated carbocycles. The molecule has 0 spiro atoms. The summed E-state index contributed by atoms with van der Waals surface area (Å²) in [5.41, 5.74) is 1.50. The fourth-order valence-electron chi connectivity index (χ4n) is 5.04. The highest BCUT2D eigenvalue weighted by atomic mass is 32.2. The van der Waals surface area contributed by atoms with Crippen molar-refractivity contribution in [3.63, 3.8) is 0 Å². The van der Waals surface area contributed by atoms with Gasteiger partial charge in [-0.3, -0.25) is 0 Å². The molecule has 2 heterocycles. The number of aromatic nitrogens is 2. The second kappa shape index (κ2) is 10.8. The van der Waals surface area contributed by atoms with Gasteiger partial charge in [0.1, 0.15) is 5.60 Å². The zero-order valence-electron chi connectivity index (χ0n) is 20.7. The number of hydrogen-bond donors (Lipinski definition) is 2. The van der Waals surface area contributed by atoms with Gasteiger partial charge >= 0.3 is 6.09 Å². The van der Waals surface area contributed by atoms with Crippen molar-refractivity contribution in [3.8, 4) is 0 Å². The number of hydrogen-bond acceptors (Lipinski definition) is 6. The molecule has 0 radical (unpaired) electrons. The van der Waals surface area contributed by atoms with E-state index < -0.39 is 22.7 Å². The summed E-state index contributed by atoms with van der Waals surface area (Å²) in [5.74, 6) is 0.835. The second-order valence-corrected chi connectivity index (χ2v) is 11.7. The van der Waals surface area contributed by atoms with Crippen LogP contribution in [0.2, 0.25) is 0 Å². The third-order valence-corrected chi connectivity index (χ3v) is 7.41. The van der Waals surface area contributed by atoms with Crippen molar-refractivity contribution in [3.05, 3.63) is 30.0 Å². The van der Waals surface area contributed by atoms with Gasteiger partial charge in [0.05, 0.1) is 35.4 Å². The number of piperidine rings is 1. The van der Waals surface area contributed by atoms with Crippen LogP contribution in [-0.2, 0) is 20.5 Å². The quantitative estimate of drug-likeness (QED) is 0.641. The highest BCUT2D eigenvalue weighted by Gasteiger charge is 2.29. The summed E-state index contributed by atoms with van der Waals surface area (Å²) in [7, 11) is -0.999. The van der Waals surface area contributed by atoms with Crippen LogP contribution in [0.5, 0.6) is 0 Å². The van der Waals surface area contributed by atoms with Crippen molar-refractivity contribution in [2.24, 2.45) is 5.92 Å². The average Bonchev–Trinajstić information content (AvgIpc) is 3.21. The lowest BCUT2D eigenvalue weighted by Crippen LogP contribution is -2.50. The average molecular weight is 491 g/mol. The minimum Gasteiger partial charge on any atom is -0.442 e. The van der Waals surface area contributed by atoms with E-state index >= 15 is 0 Å². The SMILES string of the molecule is CS(=O)NC1CCNCC1COC1CCC(c2ccc3c(cnn3C(=O)OC(C)(C)C)c2)CC1. The fraction of sp³-hybridized carbons (Fsp3) is 0.680. The number of nitrogens with zero attached hydrogens (tertiary/aromatic N) is 2. The van der Waals surface area contributed by atoms with Crippen LogP contribution in [0, 0.1) is 5.92 Å². The molecular weight excluding hydrogens is 452 g/mol. The third kappa shape index (κ3) is 6.44. The maximum Gasteiger partial charge on any atom is 0.435 e. The molecule has 0 amide bonds. The molecule has 1 aromatic carbocycles. The topological polar surface area (TPSA) is 94.5 Å². The molecule has 2 aromatic rings. The van der Waals surface area contributed by atoms with Crippen LogP contribution in [0.15, 0.2) is 24.4 Å². The van der Waals surface area contributed by atoms with E-state index in [4.69, 9.17) is 9.47 Å². The summed E-state index contributed by atoms with van der Waals surface area (Å²) in [4.78, 5) is 12.4. The Balaban J connectivity index is 1.31. The zero-order chi connectivity index (χ0) is 24.3. The van der Waals surface area contributed by atoms with E-state index in [2.05, 4.69) is 27.3 Å². The molecule has 9 heteroatoms. The molecule has 2 aliphatic rings. The molecule has 1 saturated heterocycles. The molecular formula is C25H38N4O4S. The molecule has 3 unspecified atom stereocenters. The maximum atomic E-state index is 12.4. The van der Waals surface area contributed by atoms with Crippen LogP contribution in [0.3, 0.4) is 0 Å². The first-order valence-corrected chi connectivity index (χ1v) is 13.9. The summed E-state index contributed by atoms with van der Waals surface area (Å²) >= 11 is 0. The van der Waals surface area contributed by atoms with E-state index in [0.29, 0.717) is 18.4 Å². The molecule has 2 N–H and O–H groups in total. The van der Waals surface area contributed by atoms with Gasteiger partial charge in [-0.15, -0.1) is 0 Å². The van der Waals surface area contributed by atoms with E-state index in [1.165, 1.54) is 10.2 Å². The molecule has 8 nitrogen and oxygen atoms in total. The van der Waals surface area contributed by atoms with Gasteiger partial charge in [0.15, 0.2) is 0 Å². The van der Waals surface area contributed by atoms with Crippen molar-refractivity contribution in [2.75, 3.05) is 26.0 Å². The largest absolute Gasteiger partial charge is 0.442 e.